The SMILES string of the molecule is Cn1nc(Cn2cc(-c3ccc(F)c(Cl)c3)cn2)c2c1OC(=O)CCC(=O)O2. The van der Waals surface area contributed by atoms with E-state index in [0.717, 1.165) is 5.56 Å². The third kappa shape index (κ3) is 3.48. The minimum absolute atomic E-state index is 0.0186. The molecule has 0 bridgehead atoms. The Morgan fingerprint density at radius 3 is 2.68 bits per heavy atom. The van der Waals surface area contributed by atoms with Gasteiger partial charge in [-0.25, -0.2) is 9.07 Å². The third-order valence-corrected chi connectivity index (χ3v) is 4.47. The molecule has 0 saturated heterocycles. The van der Waals surface area contributed by atoms with E-state index in [9.17, 15) is 14.0 Å². The number of ether oxygens (including phenoxy) is 2. The van der Waals surface area contributed by atoms with Crippen molar-refractivity contribution in [2.45, 2.75) is 19.4 Å². The highest BCUT2D eigenvalue weighted by atomic mass is 35.5. The van der Waals surface area contributed by atoms with E-state index in [1.54, 1.807) is 30.2 Å². The number of aromatic nitrogens is 4. The molecule has 8 nitrogen and oxygen atoms in total. The van der Waals surface area contributed by atoms with Gasteiger partial charge >= 0.3 is 11.9 Å². The van der Waals surface area contributed by atoms with Crippen LogP contribution >= 0.6 is 11.6 Å². The van der Waals surface area contributed by atoms with Crippen molar-refractivity contribution in [2.24, 2.45) is 7.05 Å². The van der Waals surface area contributed by atoms with Crippen molar-refractivity contribution < 1.29 is 23.5 Å². The maximum atomic E-state index is 13.4. The van der Waals surface area contributed by atoms with Crippen LogP contribution < -0.4 is 9.47 Å². The van der Waals surface area contributed by atoms with Gasteiger partial charge in [0.05, 0.1) is 30.6 Å². The Kier molecular flexibility index (Phi) is 4.60. The molecule has 1 aliphatic heterocycles. The monoisotopic (exact) mass is 404 g/mol. The number of carbonyl (C=O) groups is 2. The molecule has 0 unspecified atom stereocenters. The number of halogens is 2. The maximum absolute atomic E-state index is 13.4. The second-order valence-corrected chi connectivity index (χ2v) is 6.62. The molecule has 0 radical (unpaired) electrons. The Bertz CT molecular complexity index is 1090. The first-order valence-corrected chi connectivity index (χ1v) is 8.73. The lowest BCUT2D eigenvalue weighted by Crippen LogP contribution is -2.19. The Balaban J connectivity index is 1.63. The lowest BCUT2D eigenvalue weighted by Gasteiger charge is -2.11. The average Bonchev–Trinajstić information content (AvgIpc) is 3.21. The lowest BCUT2D eigenvalue weighted by molar-refractivity contribution is -0.143. The molecule has 0 spiro atoms. The van der Waals surface area contributed by atoms with Gasteiger partial charge in [-0.1, -0.05) is 17.7 Å². The summed E-state index contributed by atoms with van der Waals surface area (Å²) in [6.45, 7) is 0.170. The highest BCUT2D eigenvalue weighted by molar-refractivity contribution is 6.31. The van der Waals surface area contributed by atoms with Crippen LogP contribution in [0.1, 0.15) is 18.5 Å². The molecule has 144 valence electrons. The van der Waals surface area contributed by atoms with Crippen LogP contribution in [0, 0.1) is 5.82 Å². The van der Waals surface area contributed by atoms with E-state index in [2.05, 4.69) is 10.2 Å². The zero-order valence-electron chi connectivity index (χ0n) is 14.7. The maximum Gasteiger partial charge on any atom is 0.313 e. The Hall–Kier alpha value is -3.20. The van der Waals surface area contributed by atoms with E-state index in [0.29, 0.717) is 11.3 Å². The van der Waals surface area contributed by atoms with Crippen molar-refractivity contribution in [3.05, 3.63) is 47.1 Å². The van der Waals surface area contributed by atoms with Gasteiger partial charge in [-0.3, -0.25) is 14.3 Å². The third-order valence-electron chi connectivity index (χ3n) is 4.18. The summed E-state index contributed by atoms with van der Waals surface area (Å²) in [5.41, 5.74) is 1.81. The second-order valence-electron chi connectivity index (χ2n) is 6.21. The highest BCUT2D eigenvalue weighted by Gasteiger charge is 2.27. The fourth-order valence-electron chi connectivity index (χ4n) is 2.82. The standard InChI is InChI=1S/C18H14ClFN4O4/c1-23-18-17(27-15(25)4-5-16(26)28-18)14(22-23)9-24-8-11(7-21-24)10-2-3-13(20)12(19)6-10/h2-3,6-8H,4-5,9H2,1H3. The number of hydrogen-bond donors (Lipinski definition) is 0. The number of aryl methyl sites for hydroxylation is 1. The number of hydrogen-bond acceptors (Lipinski definition) is 6. The Morgan fingerprint density at radius 2 is 1.93 bits per heavy atom. The molecule has 0 atom stereocenters. The zero-order chi connectivity index (χ0) is 19.8. The molecule has 0 saturated carbocycles. The predicted molar refractivity (Wildman–Crippen MR) is 95.4 cm³/mol. The van der Waals surface area contributed by atoms with Gasteiger partial charge in [-0.2, -0.15) is 10.2 Å². The van der Waals surface area contributed by atoms with Crippen molar-refractivity contribution in [3.8, 4) is 22.8 Å². The first kappa shape index (κ1) is 18.2. The minimum Gasteiger partial charge on any atom is -0.419 e. The van der Waals surface area contributed by atoms with Crippen LogP contribution in [0.3, 0.4) is 0 Å². The predicted octanol–water partition coefficient (Wildman–Crippen LogP) is 2.73. The number of esters is 2. The summed E-state index contributed by atoms with van der Waals surface area (Å²) in [6, 6.07) is 4.39. The van der Waals surface area contributed by atoms with E-state index < -0.39 is 17.8 Å². The second kappa shape index (κ2) is 7.08. The molecular weight excluding hydrogens is 391 g/mol. The molecule has 28 heavy (non-hydrogen) atoms. The number of fused-ring (bicyclic) bond motifs is 1. The van der Waals surface area contributed by atoms with Gasteiger partial charge in [0, 0.05) is 18.8 Å². The van der Waals surface area contributed by atoms with E-state index in [1.165, 1.54) is 16.8 Å². The zero-order valence-corrected chi connectivity index (χ0v) is 15.4. The molecule has 2 aromatic heterocycles. The molecule has 3 heterocycles. The summed E-state index contributed by atoms with van der Waals surface area (Å²) < 4.78 is 26.8. The molecule has 0 aliphatic carbocycles. The van der Waals surface area contributed by atoms with Crippen LogP contribution in [0.4, 0.5) is 4.39 Å². The van der Waals surface area contributed by atoms with Crippen molar-refractivity contribution in [1.82, 2.24) is 19.6 Å². The molecule has 0 amide bonds. The number of rotatable bonds is 3. The van der Waals surface area contributed by atoms with Gasteiger partial charge in [0.2, 0.25) is 5.75 Å². The summed E-state index contributed by atoms with van der Waals surface area (Å²) in [5.74, 6) is -1.38. The lowest BCUT2D eigenvalue weighted by atomic mass is 10.1. The fraction of sp³-hybridized carbons (Fsp3) is 0.222. The van der Waals surface area contributed by atoms with E-state index in [1.807, 2.05) is 0 Å². The molecule has 10 heteroatoms. The molecular formula is C18H14ClFN4O4. The summed E-state index contributed by atoms with van der Waals surface area (Å²) in [4.78, 5) is 23.6. The van der Waals surface area contributed by atoms with Crippen LogP contribution in [0.5, 0.6) is 11.6 Å². The molecule has 0 N–H and O–H groups in total. The smallest absolute Gasteiger partial charge is 0.313 e. The Labute approximate surface area is 163 Å². The van der Waals surface area contributed by atoms with Crippen LogP contribution in [0.15, 0.2) is 30.6 Å². The van der Waals surface area contributed by atoms with Gasteiger partial charge in [0.1, 0.15) is 11.5 Å². The van der Waals surface area contributed by atoms with Gasteiger partial charge in [0.15, 0.2) is 0 Å². The first-order valence-electron chi connectivity index (χ1n) is 8.36. The molecule has 1 aliphatic rings. The molecule has 0 fully saturated rings. The van der Waals surface area contributed by atoms with Crippen molar-refractivity contribution in [1.29, 1.82) is 0 Å². The quantitative estimate of drug-likeness (QED) is 0.624. The summed E-state index contributed by atoms with van der Waals surface area (Å²) >= 11 is 5.83. The molecule has 3 aromatic rings. The average molecular weight is 405 g/mol. The minimum atomic E-state index is -0.533. The van der Waals surface area contributed by atoms with Crippen molar-refractivity contribution in [3.63, 3.8) is 0 Å². The molecule has 4 rings (SSSR count). The van der Waals surface area contributed by atoms with Gasteiger partial charge in [-0.05, 0) is 17.7 Å². The summed E-state index contributed by atoms with van der Waals surface area (Å²) in [7, 11) is 1.58. The van der Waals surface area contributed by atoms with Crippen LogP contribution in [0.2, 0.25) is 5.02 Å². The van der Waals surface area contributed by atoms with Crippen LogP contribution in [-0.2, 0) is 23.2 Å². The van der Waals surface area contributed by atoms with Crippen LogP contribution in [-0.4, -0.2) is 31.5 Å². The normalized spacial score (nSPS) is 14.1. The summed E-state index contributed by atoms with van der Waals surface area (Å²) in [6.07, 6.45) is 3.20. The highest BCUT2D eigenvalue weighted by Crippen LogP contribution is 2.34. The van der Waals surface area contributed by atoms with Crippen LogP contribution in [0.25, 0.3) is 11.1 Å². The Morgan fingerprint density at radius 1 is 1.18 bits per heavy atom. The van der Waals surface area contributed by atoms with E-state index in [-0.39, 0.29) is 36.0 Å². The molecule has 1 aromatic carbocycles. The number of carbonyl (C=O) groups excluding carboxylic acids is 2. The van der Waals surface area contributed by atoms with Gasteiger partial charge in [-0.15, -0.1) is 0 Å². The number of nitrogens with zero attached hydrogens (tertiary/aromatic N) is 4. The van der Waals surface area contributed by atoms with E-state index >= 15 is 0 Å². The fourth-order valence-corrected chi connectivity index (χ4v) is 3.00. The van der Waals surface area contributed by atoms with Crippen molar-refractivity contribution >= 4 is 23.5 Å². The first-order chi connectivity index (χ1) is 13.4. The number of benzene rings is 1. The largest absolute Gasteiger partial charge is 0.419 e. The van der Waals surface area contributed by atoms with Crippen molar-refractivity contribution in [2.75, 3.05) is 0 Å². The topological polar surface area (TPSA) is 88.2 Å². The summed E-state index contributed by atoms with van der Waals surface area (Å²) in [5, 5.41) is 8.55. The van der Waals surface area contributed by atoms with Gasteiger partial charge < -0.3 is 9.47 Å². The van der Waals surface area contributed by atoms with E-state index in [4.69, 9.17) is 21.1 Å². The van der Waals surface area contributed by atoms with Gasteiger partial charge in [0.25, 0.3) is 5.88 Å².